The number of fused-ring (bicyclic) bond motifs is 1. The molecule has 0 bridgehead atoms. The van der Waals surface area contributed by atoms with Crippen LogP contribution in [0.15, 0.2) is 35.4 Å². The van der Waals surface area contributed by atoms with Crippen molar-refractivity contribution < 1.29 is 9.47 Å². The molecule has 1 aromatic heterocycles. The lowest BCUT2D eigenvalue weighted by Crippen LogP contribution is -2.31. The number of hydrogen-bond acceptors (Lipinski definition) is 6. The molecule has 27 heavy (non-hydrogen) atoms. The molecule has 0 saturated carbocycles. The Morgan fingerprint density at radius 1 is 1.15 bits per heavy atom. The molecule has 0 unspecified atom stereocenters. The number of thiophene rings is 1. The Kier molecular flexibility index (Phi) is 5.74. The third-order valence-electron chi connectivity index (χ3n) is 4.53. The van der Waals surface area contributed by atoms with Crippen molar-refractivity contribution in [1.82, 2.24) is 10.7 Å². The molecule has 0 amide bonds. The summed E-state index contributed by atoms with van der Waals surface area (Å²) in [5.74, 6) is 1.55. The second-order valence-corrected chi connectivity index (χ2v) is 7.97. The smallest absolute Gasteiger partial charge is 0.231 e. The second-order valence-electron chi connectivity index (χ2n) is 6.46. The zero-order chi connectivity index (χ0) is 18.5. The van der Waals surface area contributed by atoms with Crippen molar-refractivity contribution in [2.45, 2.75) is 25.8 Å². The van der Waals surface area contributed by atoms with E-state index in [1.165, 1.54) is 24.3 Å². The van der Waals surface area contributed by atoms with Crippen LogP contribution in [0.5, 0.6) is 11.5 Å². The maximum atomic E-state index is 5.38. The first-order valence-corrected chi connectivity index (χ1v) is 10.3. The molecule has 8 heteroatoms. The number of benzene rings is 1. The topological polar surface area (TPSA) is 58.1 Å². The van der Waals surface area contributed by atoms with Gasteiger partial charge in [0.2, 0.25) is 6.79 Å². The van der Waals surface area contributed by atoms with E-state index in [-0.39, 0.29) is 6.79 Å². The Morgan fingerprint density at radius 2 is 2.00 bits per heavy atom. The summed E-state index contributed by atoms with van der Waals surface area (Å²) in [6.45, 7) is 3.19. The van der Waals surface area contributed by atoms with Crippen molar-refractivity contribution in [2.75, 3.05) is 24.8 Å². The molecule has 3 heterocycles. The van der Waals surface area contributed by atoms with Crippen molar-refractivity contribution in [2.24, 2.45) is 5.10 Å². The molecule has 0 radical (unpaired) electrons. The molecule has 0 aliphatic carbocycles. The summed E-state index contributed by atoms with van der Waals surface area (Å²) >= 11 is 7.04. The van der Waals surface area contributed by atoms with Crippen molar-refractivity contribution in [3.8, 4) is 11.5 Å². The molecule has 0 atom stereocenters. The Morgan fingerprint density at radius 3 is 2.89 bits per heavy atom. The Bertz CT molecular complexity index is 831. The predicted molar refractivity (Wildman–Crippen MR) is 113 cm³/mol. The van der Waals surface area contributed by atoms with Gasteiger partial charge in [-0.2, -0.15) is 5.10 Å². The fourth-order valence-electron chi connectivity index (χ4n) is 3.12. The van der Waals surface area contributed by atoms with E-state index in [0.717, 1.165) is 35.0 Å². The van der Waals surface area contributed by atoms with E-state index < -0.39 is 0 Å². The summed E-state index contributed by atoms with van der Waals surface area (Å²) < 4.78 is 10.7. The van der Waals surface area contributed by atoms with Crippen LogP contribution in [-0.4, -0.2) is 31.2 Å². The van der Waals surface area contributed by atoms with E-state index in [4.69, 9.17) is 21.7 Å². The van der Waals surface area contributed by atoms with Crippen molar-refractivity contribution in [3.05, 3.63) is 40.8 Å². The highest BCUT2D eigenvalue weighted by molar-refractivity contribution is 7.80. The molecule has 1 saturated heterocycles. The first-order chi connectivity index (χ1) is 13.3. The van der Waals surface area contributed by atoms with Crippen LogP contribution in [0, 0.1) is 0 Å². The van der Waals surface area contributed by atoms with Gasteiger partial charge in [-0.3, -0.25) is 5.43 Å². The van der Waals surface area contributed by atoms with Crippen LogP contribution in [-0.2, 0) is 6.54 Å². The van der Waals surface area contributed by atoms with Crippen LogP contribution in [0.3, 0.4) is 0 Å². The van der Waals surface area contributed by atoms with Crippen molar-refractivity contribution in [3.63, 3.8) is 0 Å². The summed E-state index contributed by atoms with van der Waals surface area (Å²) in [6, 6.07) is 10.1. The molecular formula is C19H22N4O2S2. The number of piperidine rings is 1. The van der Waals surface area contributed by atoms with Crippen molar-refractivity contribution in [1.29, 1.82) is 0 Å². The highest BCUT2D eigenvalue weighted by Crippen LogP contribution is 2.32. The van der Waals surface area contributed by atoms with Gasteiger partial charge in [0.15, 0.2) is 16.6 Å². The minimum atomic E-state index is 0.281. The van der Waals surface area contributed by atoms with E-state index in [1.807, 2.05) is 24.4 Å². The van der Waals surface area contributed by atoms with Crippen LogP contribution in [0.2, 0.25) is 0 Å². The number of ether oxygens (including phenoxy) is 2. The predicted octanol–water partition coefficient (Wildman–Crippen LogP) is 3.47. The van der Waals surface area contributed by atoms with Crippen LogP contribution in [0.4, 0.5) is 5.00 Å². The molecule has 2 aliphatic rings. The maximum absolute atomic E-state index is 5.38. The molecule has 2 N–H and O–H groups in total. The monoisotopic (exact) mass is 402 g/mol. The third kappa shape index (κ3) is 4.70. The average molecular weight is 403 g/mol. The van der Waals surface area contributed by atoms with Gasteiger partial charge in [0.05, 0.1) is 11.2 Å². The summed E-state index contributed by atoms with van der Waals surface area (Å²) in [4.78, 5) is 3.57. The highest BCUT2D eigenvalue weighted by Gasteiger charge is 2.13. The largest absolute Gasteiger partial charge is 0.454 e. The standard InChI is InChI=1S/C19H22N4O2S2/c26-19(20-11-14-4-6-16-17(10-14)25-13-24-16)22-21-12-15-5-7-18(27-15)23-8-2-1-3-9-23/h4-7,10,12H,1-3,8-9,11,13H2,(H2,20,22,26)/b21-12-. The Labute approximate surface area is 168 Å². The van der Waals surface area contributed by atoms with Crippen LogP contribution in [0.1, 0.15) is 29.7 Å². The quantitative estimate of drug-likeness (QED) is 0.454. The van der Waals surface area contributed by atoms with Gasteiger partial charge in [-0.1, -0.05) is 6.07 Å². The minimum Gasteiger partial charge on any atom is -0.454 e. The molecule has 2 aliphatic heterocycles. The number of anilines is 1. The van der Waals surface area contributed by atoms with Gasteiger partial charge in [0.25, 0.3) is 0 Å². The molecule has 4 rings (SSSR count). The fourth-order valence-corrected chi connectivity index (χ4v) is 4.18. The molecule has 0 spiro atoms. The van der Waals surface area contributed by atoms with Gasteiger partial charge in [-0.05, 0) is 61.3 Å². The molecule has 142 valence electrons. The minimum absolute atomic E-state index is 0.281. The fraction of sp³-hybridized carbons (Fsp3) is 0.368. The van der Waals surface area contributed by atoms with Gasteiger partial charge < -0.3 is 19.7 Å². The zero-order valence-corrected chi connectivity index (χ0v) is 16.6. The lowest BCUT2D eigenvalue weighted by atomic mass is 10.1. The Hall–Kier alpha value is -2.32. The van der Waals surface area contributed by atoms with Crippen LogP contribution < -0.4 is 25.1 Å². The van der Waals surface area contributed by atoms with Gasteiger partial charge in [0.1, 0.15) is 0 Å². The summed E-state index contributed by atoms with van der Waals surface area (Å²) in [6.07, 6.45) is 5.72. The molecule has 2 aromatic rings. The highest BCUT2D eigenvalue weighted by atomic mass is 32.1. The summed E-state index contributed by atoms with van der Waals surface area (Å²) in [5.41, 5.74) is 3.94. The zero-order valence-electron chi connectivity index (χ0n) is 14.9. The van der Waals surface area contributed by atoms with E-state index in [2.05, 4.69) is 32.9 Å². The second kappa shape index (κ2) is 8.58. The van der Waals surface area contributed by atoms with E-state index >= 15 is 0 Å². The van der Waals surface area contributed by atoms with Crippen LogP contribution in [0.25, 0.3) is 0 Å². The van der Waals surface area contributed by atoms with E-state index in [1.54, 1.807) is 11.3 Å². The number of nitrogens with one attached hydrogen (secondary N) is 2. The van der Waals surface area contributed by atoms with Gasteiger partial charge in [-0.25, -0.2) is 0 Å². The number of hydrogen-bond donors (Lipinski definition) is 2. The van der Waals surface area contributed by atoms with Crippen LogP contribution >= 0.6 is 23.6 Å². The third-order valence-corrected chi connectivity index (χ3v) is 5.84. The SMILES string of the molecule is S=C(NCc1ccc2c(c1)OCO2)N/N=C\c1ccc(N2CCCCC2)s1. The van der Waals surface area contributed by atoms with E-state index in [0.29, 0.717) is 11.7 Å². The van der Waals surface area contributed by atoms with Gasteiger partial charge in [-0.15, -0.1) is 11.3 Å². The normalized spacial score (nSPS) is 15.9. The lowest BCUT2D eigenvalue weighted by Gasteiger charge is -2.27. The van der Waals surface area contributed by atoms with Gasteiger partial charge >= 0.3 is 0 Å². The number of nitrogens with zero attached hydrogens (tertiary/aromatic N) is 2. The first kappa shape index (κ1) is 18.1. The number of thiocarbonyl (C=S) groups is 1. The number of hydrazone groups is 1. The van der Waals surface area contributed by atoms with Crippen molar-refractivity contribution >= 4 is 39.9 Å². The Balaban J connectivity index is 1.23. The average Bonchev–Trinajstić information content (AvgIpc) is 3.36. The summed E-state index contributed by atoms with van der Waals surface area (Å²) in [7, 11) is 0. The van der Waals surface area contributed by atoms with Gasteiger partial charge in [0, 0.05) is 24.5 Å². The first-order valence-electron chi connectivity index (χ1n) is 9.08. The molecule has 1 fully saturated rings. The molecule has 1 aromatic carbocycles. The maximum Gasteiger partial charge on any atom is 0.231 e. The van der Waals surface area contributed by atoms with E-state index in [9.17, 15) is 0 Å². The lowest BCUT2D eigenvalue weighted by molar-refractivity contribution is 0.174. The summed E-state index contributed by atoms with van der Waals surface area (Å²) in [5, 5.41) is 9.18. The molecule has 6 nitrogen and oxygen atoms in total. The molecular weight excluding hydrogens is 380 g/mol. The number of rotatable bonds is 5.